The number of nitrogens with zero attached hydrogens (tertiary/aromatic N) is 2. The third-order valence-electron chi connectivity index (χ3n) is 12.1. The van der Waals surface area contributed by atoms with Crippen LogP contribution in [-0.2, 0) is 5.41 Å². The van der Waals surface area contributed by atoms with E-state index in [-0.39, 0.29) is 5.41 Å². The Morgan fingerprint density at radius 1 is 0.316 bits per heavy atom. The first-order valence-corrected chi connectivity index (χ1v) is 19.7. The first kappa shape index (κ1) is 33.2. The van der Waals surface area contributed by atoms with E-state index < -0.39 is 0 Å². The molecule has 0 aliphatic heterocycles. The maximum Gasteiger partial charge on any atom is 0.161 e. The van der Waals surface area contributed by atoms with Gasteiger partial charge in [0.15, 0.2) is 5.82 Å². The van der Waals surface area contributed by atoms with Crippen molar-refractivity contribution < 1.29 is 0 Å². The van der Waals surface area contributed by atoms with Crippen LogP contribution < -0.4 is 0 Å². The summed E-state index contributed by atoms with van der Waals surface area (Å²) in [4.78, 5) is 10.7. The fourth-order valence-corrected chi connectivity index (χ4v) is 9.11. The van der Waals surface area contributed by atoms with E-state index in [1.54, 1.807) is 0 Å². The minimum atomic E-state index is -0.119. The molecular formula is C55H38N2. The molecule has 2 heteroatoms. The van der Waals surface area contributed by atoms with Gasteiger partial charge in [0.1, 0.15) is 0 Å². The molecule has 0 radical (unpaired) electrons. The molecule has 0 atom stereocenters. The van der Waals surface area contributed by atoms with Gasteiger partial charge in [-0.15, -0.1) is 0 Å². The van der Waals surface area contributed by atoms with Crippen molar-refractivity contribution >= 4 is 32.3 Å². The Hall–Kier alpha value is -7.16. The molecule has 10 aromatic rings. The monoisotopic (exact) mass is 726 g/mol. The van der Waals surface area contributed by atoms with Crippen molar-refractivity contribution in [3.05, 3.63) is 205 Å². The quantitative estimate of drug-likeness (QED) is 0.176. The maximum atomic E-state index is 5.40. The van der Waals surface area contributed by atoms with Gasteiger partial charge in [-0.05, 0) is 113 Å². The zero-order chi connectivity index (χ0) is 38.1. The Labute approximate surface area is 332 Å². The first-order valence-electron chi connectivity index (χ1n) is 19.7. The molecule has 0 fully saturated rings. The van der Waals surface area contributed by atoms with Crippen LogP contribution >= 0.6 is 0 Å². The van der Waals surface area contributed by atoms with E-state index >= 15 is 0 Å². The number of hydrogen-bond donors (Lipinski definition) is 0. The second-order valence-electron chi connectivity index (χ2n) is 15.8. The number of aromatic nitrogens is 2. The summed E-state index contributed by atoms with van der Waals surface area (Å²) in [6.45, 7) is 4.73. The van der Waals surface area contributed by atoms with Crippen molar-refractivity contribution in [2.75, 3.05) is 0 Å². The summed E-state index contributed by atoms with van der Waals surface area (Å²) in [5.41, 5.74) is 15.0. The minimum absolute atomic E-state index is 0.119. The molecule has 9 aromatic carbocycles. The molecule has 0 saturated heterocycles. The standard InChI is InChI=1S/C55H38N2/c1-55(2)50-33-41(26-27-46(50)49-31-38-18-8-9-19-39(38)32-51(49)55)43-28-29-48(45-22-12-11-21-44(43)45)54-56-52(36-15-4-3-5-16-36)34-53(57-54)47-23-13-10-20-42(47)40-25-24-35-14-6-7-17-37(35)30-40/h3-34H,1-2H3. The molecule has 268 valence electrons. The summed E-state index contributed by atoms with van der Waals surface area (Å²) >= 11 is 0. The van der Waals surface area contributed by atoms with Crippen molar-refractivity contribution in [1.82, 2.24) is 9.97 Å². The predicted octanol–water partition coefficient (Wildman–Crippen LogP) is 14.6. The van der Waals surface area contributed by atoms with Crippen molar-refractivity contribution in [2.24, 2.45) is 0 Å². The van der Waals surface area contributed by atoms with E-state index in [9.17, 15) is 0 Å². The fraction of sp³-hybridized carbons (Fsp3) is 0.0545. The summed E-state index contributed by atoms with van der Waals surface area (Å²) < 4.78 is 0. The lowest BCUT2D eigenvalue weighted by atomic mass is 9.81. The normalized spacial score (nSPS) is 12.9. The zero-order valence-electron chi connectivity index (χ0n) is 31.9. The highest BCUT2D eigenvalue weighted by Crippen LogP contribution is 2.51. The van der Waals surface area contributed by atoms with Gasteiger partial charge in [-0.3, -0.25) is 0 Å². The average molecular weight is 727 g/mol. The molecule has 1 aliphatic rings. The van der Waals surface area contributed by atoms with Crippen LogP contribution in [0.15, 0.2) is 194 Å². The van der Waals surface area contributed by atoms with Crippen LogP contribution in [0.3, 0.4) is 0 Å². The zero-order valence-corrected chi connectivity index (χ0v) is 31.9. The molecule has 0 bridgehead atoms. The third-order valence-corrected chi connectivity index (χ3v) is 12.1. The SMILES string of the molecule is CC1(C)c2cc(-c3ccc(-c4nc(-c5ccccc5)cc(-c5ccccc5-c5ccc6ccccc6c5)n4)c4ccccc34)ccc2-c2cc3ccccc3cc21. The number of rotatable bonds is 5. The summed E-state index contributed by atoms with van der Waals surface area (Å²) in [6.07, 6.45) is 0. The predicted molar refractivity (Wildman–Crippen MR) is 239 cm³/mol. The molecule has 0 amide bonds. The Kier molecular flexibility index (Phi) is 7.55. The molecule has 2 nitrogen and oxygen atoms in total. The largest absolute Gasteiger partial charge is 0.228 e. The Balaban J connectivity index is 1.06. The minimum Gasteiger partial charge on any atom is -0.228 e. The van der Waals surface area contributed by atoms with Crippen LogP contribution in [0, 0.1) is 0 Å². The Bertz CT molecular complexity index is 3210. The lowest BCUT2D eigenvalue weighted by Gasteiger charge is -2.22. The lowest BCUT2D eigenvalue weighted by molar-refractivity contribution is 0.661. The molecule has 1 heterocycles. The molecule has 1 aliphatic carbocycles. The van der Waals surface area contributed by atoms with Crippen LogP contribution in [-0.4, -0.2) is 9.97 Å². The van der Waals surface area contributed by atoms with Gasteiger partial charge in [-0.2, -0.15) is 0 Å². The molecule has 57 heavy (non-hydrogen) atoms. The van der Waals surface area contributed by atoms with Crippen molar-refractivity contribution in [2.45, 2.75) is 19.3 Å². The highest BCUT2D eigenvalue weighted by Gasteiger charge is 2.36. The van der Waals surface area contributed by atoms with Gasteiger partial charge in [-0.1, -0.05) is 172 Å². The third kappa shape index (κ3) is 5.48. The van der Waals surface area contributed by atoms with Crippen LogP contribution in [0.4, 0.5) is 0 Å². The molecule has 0 spiro atoms. The second-order valence-corrected chi connectivity index (χ2v) is 15.8. The number of benzene rings is 9. The summed E-state index contributed by atoms with van der Waals surface area (Å²) in [6, 6.07) is 70.2. The van der Waals surface area contributed by atoms with Crippen LogP contribution in [0.2, 0.25) is 0 Å². The fourth-order valence-electron chi connectivity index (χ4n) is 9.11. The lowest BCUT2D eigenvalue weighted by Crippen LogP contribution is -2.15. The molecule has 0 saturated carbocycles. The summed E-state index contributed by atoms with van der Waals surface area (Å²) in [7, 11) is 0. The van der Waals surface area contributed by atoms with Crippen molar-refractivity contribution in [3.8, 4) is 67.3 Å². The summed E-state index contributed by atoms with van der Waals surface area (Å²) in [5, 5.41) is 7.33. The highest BCUT2D eigenvalue weighted by molar-refractivity contribution is 6.05. The smallest absolute Gasteiger partial charge is 0.161 e. The van der Waals surface area contributed by atoms with Gasteiger partial charge in [-0.25, -0.2) is 9.97 Å². The van der Waals surface area contributed by atoms with Crippen molar-refractivity contribution in [1.29, 1.82) is 0 Å². The van der Waals surface area contributed by atoms with E-state index in [1.807, 2.05) is 0 Å². The van der Waals surface area contributed by atoms with Crippen molar-refractivity contribution in [3.63, 3.8) is 0 Å². The van der Waals surface area contributed by atoms with E-state index in [2.05, 4.69) is 208 Å². The summed E-state index contributed by atoms with van der Waals surface area (Å²) in [5.74, 6) is 0.708. The van der Waals surface area contributed by atoms with Gasteiger partial charge in [0.2, 0.25) is 0 Å². The Morgan fingerprint density at radius 3 is 1.65 bits per heavy atom. The van der Waals surface area contributed by atoms with Gasteiger partial charge < -0.3 is 0 Å². The van der Waals surface area contributed by atoms with E-state index in [1.165, 1.54) is 60.3 Å². The number of fused-ring (bicyclic) bond motifs is 6. The average Bonchev–Trinajstić information content (AvgIpc) is 3.49. The van der Waals surface area contributed by atoms with Crippen LogP contribution in [0.1, 0.15) is 25.0 Å². The van der Waals surface area contributed by atoms with Gasteiger partial charge >= 0.3 is 0 Å². The topological polar surface area (TPSA) is 25.8 Å². The highest BCUT2D eigenvalue weighted by atomic mass is 14.9. The molecule has 1 aromatic heterocycles. The molecular weight excluding hydrogens is 689 g/mol. The van der Waals surface area contributed by atoms with E-state index in [0.717, 1.165) is 44.6 Å². The van der Waals surface area contributed by atoms with E-state index in [0.29, 0.717) is 5.82 Å². The van der Waals surface area contributed by atoms with Gasteiger partial charge in [0.25, 0.3) is 0 Å². The molecule has 0 N–H and O–H groups in total. The van der Waals surface area contributed by atoms with Crippen LogP contribution in [0.25, 0.3) is 99.6 Å². The van der Waals surface area contributed by atoms with E-state index in [4.69, 9.17) is 9.97 Å². The molecule has 11 rings (SSSR count). The second kappa shape index (κ2) is 13.0. The first-order chi connectivity index (χ1) is 28.0. The maximum absolute atomic E-state index is 5.40. The number of hydrogen-bond acceptors (Lipinski definition) is 2. The van der Waals surface area contributed by atoms with Gasteiger partial charge in [0, 0.05) is 22.1 Å². The van der Waals surface area contributed by atoms with Gasteiger partial charge in [0.05, 0.1) is 11.4 Å². The Morgan fingerprint density at radius 2 is 0.860 bits per heavy atom. The van der Waals surface area contributed by atoms with Crippen LogP contribution in [0.5, 0.6) is 0 Å². The molecule has 0 unspecified atom stereocenters.